The Morgan fingerprint density at radius 2 is 2.04 bits per heavy atom. The lowest BCUT2D eigenvalue weighted by Crippen LogP contribution is -2.49. The van der Waals surface area contributed by atoms with E-state index < -0.39 is 6.04 Å². The molecule has 0 bridgehead atoms. The van der Waals surface area contributed by atoms with Crippen molar-refractivity contribution in [3.8, 4) is 5.88 Å². The van der Waals surface area contributed by atoms with Gasteiger partial charge in [0, 0.05) is 31.8 Å². The molecule has 7 heteroatoms. The fraction of sp³-hybridized carbons (Fsp3) is 0.389. The summed E-state index contributed by atoms with van der Waals surface area (Å²) in [6, 6.07) is 11.1. The Bertz CT molecular complexity index is 690. The first kappa shape index (κ1) is 17.2. The molecule has 1 N–H and O–H groups in total. The molecule has 0 radical (unpaired) electrons. The number of benzene rings is 1. The molecule has 0 aliphatic carbocycles. The van der Waals surface area contributed by atoms with E-state index in [-0.39, 0.29) is 5.91 Å². The van der Waals surface area contributed by atoms with E-state index >= 15 is 0 Å². The fourth-order valence-electron chi connectivity index (χ4n) is 2.74. The summed E-state index contributed by atoms with van der Waals surface area (Å²) < 4.78 is 10.5. The van der Waals surface area contributed by atoms with Gasteiger partial charge in [0.05, 0.1) is 20.3 Å². The van der Waals surface area contributed by atoms with Crippen LogP contribution in [0.4, 0.5) is 5.95 Å². The summed E-state index contributed by atoms with van der Waals surface area (Å²) in [4.78, 5) is 23.3. The van der Waals surface area contributed by atoms with Crippen LogP contribution in [0.15, 0.2) is 42.6 Å². The van der Waals surface area contributed by atoms with Gasteiger partial charge in [-0.3, -0.25) is 4.79 Å². The Hall–Kier alpha value is -2.67. The first-order valence-corrected chi connectivity index (χ1v) is 8.30. The van der Waals surface area contributed by atoms with Gasteiger partial charge in [-0.15, -0.1) is 0 Å². The van der Waals surface area contributed by atoms with E-state index in [1.54, 1.807) is 19.4 Å². The van der Waals surface area contributed by atoms with E-state index in [4.69, 9.17) is 9.47 Å². The summed E-state index contributed by atoms with van der Waals surface area (Å²) >= 11 is 0. The second-order valence-corrected chi connectivity index (χ2v) is 5.75. The molecule has 2 aromatic rings. The Labute approximate surface area is 147 Å². The number of aromatic nitrogens is 2. The summed E-state index contributed by atoms with van der Waals surface area (Å²) in [6.07, 6.45) is 2.16. The fourth-order valence-corrected chi connectivity index (χ4v) is 2.74. The van der Waals surface area contributed by atoms with Crippen molar-refractivity contribution < 1.29 is 14.3 Å². The van der Waals surface area contributed by atoms with Gasteiger partial charge >= 0.3 is 0 Å². The van der Waals surface area contributed by atoms with E-state index in [2.05, 4.69) is 15.3 Å². The minimum Gasteiger partial charge on any atom is -0.481 e. The van der Waals surface area contributed by atoms with Crippen molar-refractivity contribution in [2.45, 2.75) is 12.5 Å². The summed E-state index contributed by atoms with van der Waals surface area (Å²) in [5, 5.41) is 3.17. The van der Waals surface area contributed by atoms with Crippen LogP contribution >= 0.6 is 0 Å². The second-order valence-electron chi connectivity index (χ2n) is 5.75. The molecule has 1 unspecified atom stereocenters. The number of nitrogens with zero attached hydrogens (tertiary/aromatic N) is 3. The van der Waals surface area contributed by atoms with Crippen molar-refractivity contribution >= 4 is 11.9 Å². The third-order valence-electron chi connectivity index (χ3n) is 4.05. The standard InChI is InChI=1S/C18H22N4O3/c1-24-16-7-8-19-18(21-16)20-15(13-14-5-3-2-4-6-14)17(23)22-9-11-25-12-10-22/h2-8,15H,9-13H2,1H3,(H,19,20,21). The molecule has 3 rings (SSSR count). The molecule has 1 fully saturated rings. The van der Waals surface area contributed by atoms with Crippen LogP contribution in [0.2, 0.25) is 0 Å². The zero-order chi connectivity index (χ0) is 17.5. The molecular weight excluding hydrogens is 320 g/mol. The number of ether oxygens (including phenoxy) is 2. The maximum atomic E-state index is 13.0. The first-order valence-electron chi connectivity index (χ1n) is 8.30. The van der Waals surface area contributed by atoms with E-state index in [0.717, 1.165) is 5.56 Å². The molecule has 132 valence electrons. The van der Waals surface area contributed by atoms with Gasteiger partial charge in [-0.2, -0.15) is 4.98 Å². The van der Waals surface area contributed by atoms with Crippen LogP contribution in [0.3, 0.4) is 0 Å². The molecule has 1 aliphatic rings. The van der Waals surface area contributed by atoms with Crippen LogP contribution in [-0.2, 0) is 16.0 Å². The minimum absolute atomic E-state index is 0.0265. The third-order valence-corrected chi connectivity index (χ3v) is 4.05. The number of hydrogen-bond donors (Lipinski definition) is 1. The van der Waals surface area contributed by atoms with Gasteiger partial charge in [0.2, 0.25) is 17.7 Å². The average molecular weight is 342 g/mol. The number of carbonyl (C=O) groups excluding carboxylic acids is 1. The zero-order valence-corrected chi connectivity index (χ0v) is 14.2. The van der Waals surface area contributed by atoms with Gasteiger partial charge in [0.1, 0.15) is 6.04 Å². The smallest absolute Gasteiger partial charge is 0.245 e. The monoisotopic (exact) mass is 342 g/mol. The molecule has 1 aromatic heterocycles. The molecule has 1 aliphatic heterocycles. The molecule has 25 heavy (non-hydrogen) atoms. The number of methoxy groups -OCH3 is 1. The molecule has 1 amide bonds. The van der Waals surface area contributed by atoms with Gasteiger partial charge < -0.3 is 19.7 Å². The normalized spacial score (nSPS) is 15.5. The quantitative estimate of drug-likeness (QED) is 0.854. The number of morpholine rings is 1. The van der Waals surface area contributed by atoms with Crippen molar-refractivity contribution in [3.63, 3.8) is 0 Å². The molecule has 1 aromatic carbocycles. The minimum atomic E-state index is -0.451. The van der Waals surface area contributed by atoms with E-state index in [0.29, 0.717) is 44.6 Å². The molecule has 1 saturated heterocycles. The number of carbonyl (C=O) groups is 1. The second kappa shape index (κ2) is 8.43. The van der Waals surface area contributed by atoms with Gasteiger partial charge in [0.15, 0.2) is 0 Å². The lowest BCUT2D eigenvalue weighted by Gasteiger charge is -2.30. The zero-order valence-electron chi connectivity index (χ0n) is 14.2. The van der Waals surface area contributed by atoms with E-state index in [1.165, 1.54) is 0 Å². The summed E-state index contributed by atoms with van der Waals surface area (Å²) in [5.41, 5.74) is 1.07. The van der Waals surface area contributed by atoms with Crippen molar-refractivity contribution in [2.24, 2.45) is 0 Å². The Balaban J connectivity index is 1.78. The van der Waals surface area contributed by atoms with Crippen molar-refractivity contribution in [1.29, 1.82) is 0 Å². The number of hydrogen-bond acceptors (Lipinski definition) is 6. The van der Waals surface area contributed by atoms with Crippen molar-refractivity contribution in [3.05, 3.63) is 48.2 Å². The Morgan fingerprint density at radius 3 is 2.76 bits per heavy atom. The maximum absolute atomic E-state index is 13.0. The highest BCUT2D eigenvalue weighted by molar-refractivity contribution is 5.84. The molecule has 1 atom stereocenters. The Morgan fingerprint density at radius 1 is 1.28 bits per heavy atom. The molecular formula is C18H22N4O3. The van der Waals surface area contributed by atoms with E-state index in [1.807, 2.05) is 35.2 Å². The number of anilines is 1. The summed E-state index contributed by atoms with van der Waals surface area (Å²) in [6.45, 7) is 2.34. The van der Waals surface area contributed by atoms with Gasteiger partial charge in [-0.1, -0.05) is 30.3 Å². The summed E-state index contributed by atoms with van der Waals surface area (Å²) in [5.74, 6) is 0.857. The van der Waals surface area contributed by atoms with Gasteiger partial charge in [-0.05, 0) is 5.56 Å². The topological polar surface area (TPSA) is 76.6 Å². The van der Waals surface area contributed by atoms with Crippen LogP contribution in [0.5, 0.6) is 5.88 Å². The van der Waals surface area contributed by atoms with Crippen LogP contribution in [0.1, 0.15) is 5.56 Å². The first-order chi connectivity index (χ1) is 12.3. The number of rotatable bonds is 6. The van der Waals surface area contributed by atoms with Gasteiger partial charge in [-0.25, -0.2) is 4.98 Å². The number of amides is 1. The highest BCUT2D eigenvalue weighted by atomic mass is 16.5. The van der Waals surface area contributed by atoms with Crippen LogP contribution < -0.4 is 10.1 Å². The van der Waals surface area contributed by atoms with E-state index in [9.17, 15) is 4.79 Å². The molecule has 0 spiro atoms. The van der Waals surface area contributed by atoms with Gasteiger partial charge in [0.25, 0.3) is 0 Å². The van der Waals surface area contributed by atoms with Crippen LogP contribution in [0.25, 0.3) is 0 Å². The predicted molar refractivity (Wildman–Crippen MR) is 93.5 cm³/mol. The largest absolute Gasteiger partial charge is 0.481 e. The SMILES string of the molecule is COc1ccnc(NC(Cc2ccccc2)C(=O)N2CCOCC2)n1. The lowest BCUT2D eigenvalue weighted by molar-refractivity contribution is -0.136. The predicted octanol–water partition coefficient (Wildman–Crippen LogP) is 1.37. The molecule has 0 saturated carbocycles. The summed E-state index contributed by atoms with van der Waals surface area (Å²) in [7, 11) is 1.55. The van der Waals surface area contributed by atoms with Crippen molar-refractivity contribution in [2.75, 3.05) is 38.7 Å². The molecule has 7 nitrogen and oxygen atoms in total. The maximum Gasteiger partial charge on any atom is 0.245 e. The number of nitrogens with one attached hydrogen (secondary N) is 1. The highest BCUT2D eigenvalue weighted by Gasteiger charge is 2.26. The van der Waals surface area contributed by atoms with Crippen LogP contribution in [-0.4, -0.2) is 60.2 Å². The lowest BCUT2D eigenvalue weighted by atomic mass is 10.0. The Kier molecular flexibility index (Phi) is 5.79. The highest BCUT2D eigenvalue weighted by Crippen LogP contribution is 2.13. The van der Waals surface area contributed by atoms with Crippen LogP contribution in [0, 0.1) is 0 Å². The third kappa shape index (κ3) is 4.67. The average Bonchev–Trinajstić information content (AvgIpc) is 2.68. The van der Waals surface area contributed by atoms with Crippen molar-refractivity contribution in [1.82, 2.24) is 14.9 Å². The molecule has 2 heterocycles.